The summed E-state index contributed by atoms with van der Waals surface area (Å²) in [6.45, 7) is 4.00. The Labute approximate surface area is 157 Å². The van der Waals surface area contributed by atoms with E-state index in [0.717, 1.165) is 33.7 Å². The summed E-state index contributed by atoms with van der Waals surface area (Å²) in [6.07, 6.45) is 3.36. The molecular formula is C21H20N2O2S. The van der Waals surface area contributed by atoms with Gasteiger partial charge in [-0.3, -0.25) is 10.1 Å². The largest absolute Gasteiger partial charge is 0.497 e. The number of aryl methyl sites for hydroxylation is 2. The van der Waals surface area contributed by atoms with Gasteiger partial charge < -0.3 is 4.74 Å². The molecule has 3 aromatic rings. The van der Waals surface area contributed by atoms with E-state index in [1.807, 2.05) is 67.8 Å². The van der Waals surface area contributed by atoms with Gasteiger partial charge in [0.1, 0.15) is 5.75 Å². The molecule has 0 aliphatic heterocycles. The van der Waals surface area contributed by atoms with Crippen LogP contribution in [0.1, 0.15) is 16.7 Å². The second-order valence-electron chi connectivity index (χ2n) is 5.90. The molecule has 0 saturated heterocycles. The molecule has 0 atom stereocenters. The lowest BCUT2D eigenvalue weighted by Crippen LogP contribution is -2.07. The highest BCUT2D eigenvalue weighted by molar-refractivity contribution is 7.14. The molecule has 132 valence electrons. The molecule has 1 aromatic heterocycles. The van der Waals surface area contributed by atoms with Crippen LogP contribution >= 0.6 is 11.3 Å². The number of carbonyl (C=O) groups excluding carboxylic acids is 1. The number of methoxy groups -OCH3 is 1. The van der Waals surface area contributed by atoms with E-state index in [4.69, 9.17) is 4.74 Å². The molecule has 3 rings (SSSR count). The number of hydrogen-bond donors (Lipinski definition) is 1. The van der Waals surface area contributed by atoms with Crippen LogP contribution < -0.4 is 10.1 Å². The van der Waals surface area contributed by atoms with Gasteiger partial charge in [0, 0.05) is 17.0 Å². The first-order valence-electron chi connectivity index (χ1n) is 8.22. The van der Waals surface area contributed by atoms with E-state index in [9.17, 15) is 4.79 Å². The zero-order valence-electron chi connectivity index (χ0n) is 14.9. The molecular weight excluding hydrogens is 344 g/mol. The molecule has 0 aliphatic carbocycles. The molecule has 1 N–H and O–H groups in total. The molecule has 0 aliphatic rings. The van der Waals surface area contributed by atoms with Crippen molar-refractivity contribution < 1.29 is 9.53 Å². The minimum atomic E-state index is -0.200. The van der Waals surface area contributed by atoms with Crippen molar-refractivity contribution >= 4 is 28.5 Å². The molecule has 0 saturated carbocycles. The third kappa shape index (κ3) is 4.18. The third-order valence-corrected chi connectivity index (χ3v) is 4.77. The molecule has 0 bridgehead atoms. The van der Waals surface area contributed by atoms with Crippen LogP contribution in [-0.2, 0) is 4.79 Å². The van der Waals surface area contributed by atoms with Crippen molar-refractivity contribution in [3.05, 3.63) is 70.6 Å². The monoisotopic (exact) mass is 364 g/mol. The second-order valence-corrected chi connectivity index (χ2v) is 6.76. The molecule has 5 heteroatoms. The molecule has 0 unspecified atom stereocenters. The van der Waals surface area contributed by atoms with Crippen LogP contribution in [0.4, 0.5) is 5.13 Å². The molecule has 1 heterocycles. The number of anilines is 1. The van der Waals surface area contributed by atoms with E-state index in [1.54, 1.807) is 7.11 Å². The first-order chi connectivity index (χ1) is 12.6. The first kappa shape index (κ1) is 17.9. The summed E-state index contributed by atoms with van der Waals surface area (Å²) in [4.78, 5) is 16.7. The van der Waals surface area contributed by atoms with E-state index in [0.29, 0.717) is 5.13 Å². The minimum absolute atomic E-state index is 0.200. The topological polar surface area (TPSA) is 51.2 Å². The fourth-order valence-electron chi connectivity index (χ4n) is 2.69. The van der Waals surface area contributed by atoms with E-state index in [1.165, 1.54) is 17.4 Å². The van der Waals surface area contributed by atoms with Crippen LogP contribution in [0.5, 0.6) is 5.75 Å². The molecule has 0 radical (unpaired) electrons. The molecule has 4 nitrogen and oxygen atoms in total. The van der Waals surface area contributed by atoms with Crippen LogP contribution in [-0.4, -0.2) is 18.0 Å². The summed E-state index contributed by atoms with van der Waals surface area (Å²) < 4.78 is 5.26. The maximum atomic E-state index is 12.2. The normalized spacial score (nSPS) is 10.9. The number of carbonyl (C=O) groups is 1. The highest BCUT2D eigenvalue weighted by Crippen LogP contribution is 2.25. The number of ether oxygens (including phenoxy) is 1. The molecule has 0 fully saturated rings. The van der Waals surface area contributed by atoms with Crippen LogP contribution in [0, 0.1) is 13.8 Å². The number of amides is 1. The number of nitrogens with one attached hydrogen (secondary N) is 1. The van der Waals surface area contributed by atoms with Crippen LogP contribution in [0.2, 0.25) is 0 Å². The van der Waals surface area contributed by atoms with Crippen molar-refractivity contribution in [3.63, 3.8) is 0 Å². The SMILES string of the molecule is COc1cc(C)c(/C=C/C(=O)Nc2nc(-c3ccccc3)cs2)c(C)c1. The van der Waals surface area contributed by atoms with Crippen LogP contribution in [0.25, 0.3) is 17.3 Å². The van der Waals surface area contributed by atoms with Crippen molar-refractivity contribution in [1.82, 2.24) is 4.98 Å². The van der Waals surface area contributed by atoms with E-state index >= 15 is 0 Å². The highest BCUT2D eigenvalue weighted by Gasteiger charge is 2.07. The van der Waals surface area contributed by atoms with Gasteiger partial charge >= 0.3 is 0 Å². The lowest BCUT2D eigenvalue weighted by atomic mass is 10.0. The van der Waals surface area contributed by atoms with E-state index < -0.39 is 0 Å². The Bertz CT molecular complexity index is 923. The molecule has 2 aromatic carbocycles. The fourth-order valence-corrected chi connectivity index (χ4v) is 3.42. The van der Waals surface area contributed by atoms with Gasteiger partial charge in [-0.2, -0.15) is 0 Å². The van der Waals surface area contributed by atoms with Gasteiger partial charge in [-0.1, -0.05) is 30.3 Å². The Morgan fingerprint density at radius 1 is 1.15 bits per heavy atom. The van der Waals surface area contributed by atoms with Gasteiger partial charge in [0.15, 0.2) is 5.13 Å². The number of benzene rings is 2. The van der Waals surface area contributed by atoms with Crippen LogP contribution in [0.15, 0.2) is 53.9 Å². The van der Waals surface area contributed by atoms with Gasteiger partial charge in [-0.25, -0.2) is 4.98 Å². The van der Waals surface area contributed by atoms with E-state index in [-0.39, 0.29) is 5.91 Å². The summed E-state index contributed by atoms with van der Waals surface area (Å²) in [7, 11) is 1.65. The smallest absolute Gasteiger partial charge is 0.250 e. The Hall–Kier alpha value is -2.92. The van der Waals surface area contributed by atoms with Gasteiger partial charge in [0.25, 0.3) is 0 Å². The molecule has 1 amide bonds. The molecule has 26 heavy (non-hydrogen) atoms. The predicted molar refractivity (Wildman–Crippen MR) is 108 cm³/mol. The number of thiazole rings is 1. The Balaban J connectivity index is 1.70. The summed E-state index contributed by atoms with van der Waals surface area (Å²) in [5.41, 5.74) is 5.03. The second kappa shape index (κ2) is 7.97. The fraction of sp³-hybridized carbons (Fsp3) is 0.143. The Kier molecular flexibility index (Phi) is 5.49. The Morgan fingerprint density at radius 2 is 1.85 bits per heavy atom. The first-order valence-corrected chi connectivity index (χ1v) is 9.10. The number of nitrogens with zero attached hydrogens (tertiary/aromatic N) is 1. The van der Waals surface area contributed by atoms with Crippen molar-refractivity contribution in [2.45, 2.75) is 13.8 Å². The van der Waals surface area contributed by atoms with Crippen molar-refractivity contribution in [3.8, 4) is 17.0 Å². The highest BCUT2D eigenvalue weighted by atomic mass is 32.1. The van der Waals surface area contributed by atoms with Crippen molar-refractivity contribution in [2.24, 2.45) is 0 Å². The lowest BCUT2D eigenvalue weighted by Gasteiger charge is -2.08. The Morgan fingerprint density at radius 3 is 2.50 bits per heavy atom. The van der Waals surface area contributed by atoms with Gasteiger partial charge in [-0.05, 0) is 48.7 Å². The standard InChI is InChI=1S/C21H20N2O2S/c1-14-11-17(25-3)12-15(2)18(14)9-10-20(24)23-21-22-19(13-26-21)16-7-5-4-6-8-16/h4-13H,1-3H3,(H,22,23,24)/b10-9+. The van der Waals surface area contributed by atoms with Gasteiger partial charge in [0.05, 0.1) is 12.8 Å². The van der Waals surface area contributed by atoms with Gasteiger partial charge in [-0.15, -0.1) is 11.3 Å². The maximum Gasteiger partial charge on any atom is 0.250 e. The minimum Gasteiger partial charge on any atom is -0.497 e. The third-order valence-electron chi connectivity index (χ3n) is 4.01. The number of rotatable bonds is 5. The zero-order chi connectivity index (χ0) is 18.5. The van der Waals surface area contributed by atoms with Crippen molar-refractivity contribution in [2.75, 3.05) is 12.4 Å². The summed E-state index contributed by atoms with van der Waals surface area (Å²) in [6, 6.07) is 13.8. The summed E-state index contributed by atoms with van der Waals surface area (Å²) in [5, 5.41) is 5.34. The van der Waals surface area contributed by atoms with Crippen molar-refractivity contribution in [1.29, 1.82) is 0 Å². The maximum absolute atomic E-state index is 12.2. The van der Waals surface area contributed by atoms with E-state index in [2.05, 4.69) is 10.3 Å². The number of aromatic nitrogens is 1. The quantitative estimate of drug-likeness (QED) is 0.642. The average molecular weight is 364 g/mol. The van der Waals surface area contributed by atoms with Crippen LogP contribution in [0.3, 0.4) is 0 Å². The summed E-state index contributed by atoms with van der Waals surface area (Å²) in [5.74, 6) is 0.617. The average Bonchev–Trinajstić information content (AvgIpc) is 3.10. The summed E-state index contributed by atoms with van der Waals surface area (Å²) >= 11 is 1.41. The predicted octanol–water partition coefficient (Wildman–Crippen LogP) is 5.09. The zero-order valence-corrected chi connectivity index (χ0v) is 15.8. The van der Waals surface area contributed by atoms with Gasteiger partial charge in [0.2, 0.25) is 5.91 Å². The molecule has 0 spiro atoms. The number of hydrogen-bond acceptors (Lipinski definition) is 4. The lowest BCUT2D eigenvalue weighted by molar-refractivity contribution is -0.111.